The highest BCUT2D eigenvalue weighted by Gasteiger charge is 2.42. The minimum absolute atomic E-state index is 0.123. The van der Waals surface area contributed by atoms with Crippen LogP contribution in [0.4, 0.5) is 0 Å². The fraction of sp³-hybridized carbons (Fsp3) is 0.667. The summed E-state index contributed by atoms with van der Waals surface area (Å²) in [5, 5.41) is 4.17. The van der Waals surface area contributed by atoms with Gasteiger partial charge in [0.1, 0.15) is 6.10 Å². The Bertz CT molecular complexity index is 389. The first-order valence-electron chi connectivity index (χ1n) is 6.08. The van der Waals surface area contributed by atoms with Crippen LogP contribution < -0.4 is 4.74 Å². The molecule has 0 saturated heterocycles. The molecule has 1 aliphatic rings. The lowest BCUT2D eigenvalue weighted by molar-refractivity contribution is -0.154. The van der Waals surface area contributed by atoms with Crippen molar-refractivity contribution in [3.05, 3.63) is 12.4 Å². The minimum atomic E-state index is -0.394. The maximum absolute atomic E-state index is 11.3. The Morgan fingerprint density at radius 2 is 2.35 bits per heavy atom. The molecule has 0 bridgehead atoms. The van der Waals surface area contributed by atoms with Gasteiger partial charge in [0.25, 0.3) is 0 Å². The number of Topliss-reactive ketones (excluding diaryl/α,β-unsaturated/α-hetero) is 1. The quantitative estimate of drug-likeness (QED) is 0.752. The molecule has 5 nitrogen and oxygen atoms in total. The van der Waals surface area contributed by atoms with Crippen molar-refractivity contribution in [1.29, 1.82) is 0 Å². The number of carbonyl (C=O) groups is 1. The number of aryl methyl sites for hydroxylation is 1. The van der Waals surface area contributed by atoms with Crippen LogP contribution in [0, 0.1) is 0 Å². The smallest absolute Gasteiger partial charge is 0.169 e. The molecule has 1 heterocycles. The summed E-state index contributed by atoms with van der Waals surface area (Å²) in [6.07, 6.45) is 4.46. The van der Waals surface area contributed by atoms with Gasteiger partial charge in [0.2, 0.25) is 0 Å². The lowest BCUT2D eigenvalue weighted by Gasteiger charge is -2.33. The van der Waals surface area contributed by atoms with Crippen LogP contribution in [0.15, 0.2) is 12.4 Å². The molecule has 0 amide bonds. The summed E-state index contributed by atoms with van der Waals surface area (Å²) in [7, 11) is 0. The van der Waals surface area contributed by atoms with Crippen LogP contribution in [0.25, 0.3) is 0 Å². The van der Waals surface area contributed by atoms with E-state index in [1.807, 2.05) is 17.8 Å². The molecule has 17 heavy (non-hydrogen) atoms. The van der Waals surface area contributed by atoms with Gasteiger partial charge in [-0.3, -0.25) is 9.48 Å². The third-order valence-corrected chi connectivity index (χ3v) is 2.75. The molecule has 1 aromatic heterocycles. The first kappa shape index (κ1) is 12.1. The predicted octanol–water partition coefficient (Wildman–Crippen LogP) is 1.42. The van der Waals surface area contributed by atoms with Crippen LogP contribution in [0.3, 0.4) is 0 Å². The highest BCUT2D eigenvalue weighted by atomic mass is 16.5. The van der Waals surface area contributed by atoms with Gasteiger partial charge in [0.15, 0.2) is 17.6 Å². The third kappa shape index (κ3) is 2.66. The number of rotatable bonds is 6. The van der Waals surface area contributed by atoms with Gasteiger partial charge in [0.05, 0.1) is 12.4 Å². The Kier molecular flexibility index (Phi) is 3.78. The zero-order chi connectivity index (χ0) is 12.3. The predicted molar refractivity (Wildman–Crippen MR) is 62.0 cm³/mol. The molecular weight excluding hydrogens is 220 g/mol. The molecule has 0 radical (unpaired) electrons. The van der Waals surface area contributed by atoms with Crippen LogP contribution in [0.1, 0.15) is 26.7 Å². The Balaban J connectivity index is 1.89. The standard InChI is InChI=1S/C12H18N2O3/c1-3-5-14-8-9(7-13-14)17-11-6-10(15)12(11)16-4-2/h7-8,11-12H,3-6H2,1-2H3. The SMILES string of the molecule is CCCn1cc(OC2CC(=O)C2OCC)cn1. The van der Waals surface area contributed by atoms with Crippen molar-refractivity contribution >= 4 is 5.78 Å². The van der Waals surface area contributed by atoms with Gasteiger partial charge in [-0.25, -0.2) is 0 Å². The number of carbonyl (C=O) groups excluding carboxylic acids is 1. The fourth-order valence-corrected chi connectivity index (χ4v) is 1.88. The van der Waals surface area contributed by atoms with Gasteiger partial charge in [0, 0.05) is 19.6 Å². The molecular formula is C12H18N2O3. The number of ether oxygens (including phenoxy) is 2. The van der Waals surface area contributed by atoms with Crippen molar-refractivity contribution in [3.63, 3.8) is 0 Å². The van der Waals surface area contributed by atoms with Crippen LogP contribution in [0.5, 0.6) is 5.75 Å². The number of aromatic nitrogens is 2. The first-order chi connectivity index (χ1) is 8.24. The first-order valence-corrected chi connectivity index (χ1v) is 6.08. The highest BCUT2D eigenvalue weighted by molar-refractivity contribution is 5.90. The maximum atomic E-state index is 11.3. The molecule has 2 atom stereocenters. The summed E-state index contributed by atoms with van der Waals surface area (Å²) < 4.78 is 12.8. The fourth-order valence-electron chi connectivity index (χ4n) is 1.88. The second-order valence-electron chi connectivity index (χ2n) is 4.14. The third-order valence-electron chi connectivity index (χ3n) is 2.75. The summed E-state index contributed by atoms with van der Waals surface area (Å²) in [5.41, 5.74) is 0. The van der Waals surface area contributed by atoms with Crippen molar-refractivity contribution < 1.29 is 14.3 Å². The average Bonchev–Trinajstić information content (AvgIpc) is 2.74. The molecule has 2 rings (SSSR count). The average molecular weight is 238 g/mol. The van der Waals surface area contributed by atoms with Crippen LogP contribution >= 0.6 is 0 Å². The summed E-state index contributed by atoms with van der Waals surface area (Å²) in [6.45, 7) is 5.38. The molecule has 1 aromatic rings. The van der Waals surface area contributed by atoms with Gasteiger partial charge in [-0.05, 0) is 13.3 Å². The second-order valence-corrected chi connectivity index (χ2v) is 4.14. The van der Waals surface area contributed by atoms with E-state index in [2.05, 4.69) is 12.0 Å². The number of hydrogen-bond donors (Lipinski definition) is 0. The van der Waals surface area contributed by atoms with E-state index in [-0.39, 0.29) is 11.9 Å². The Morgan fingerprint density at radius 3 is 3.00 bits per heavy atom. The van der Waals surface area contributed by atoms with Crippen LogP contribution in [-0.2, 0) is 16.1 Å². The Hall–Kier alpha value is -1.36. The van der Waals surface area contributed by atoms with Crippen LogP contribution in [0.2, 0.25) is 0 Å². The van der Waals surface area contributed by atoms with Crippen molar-refractivity contribution in [2.45, 2.75) is 45.4 Å². The Morgan fingerprint density at radius 1 is 1.53 bits per heavy atom. The van der Waals surface area contributed by atoms with E-state index in [9.17, 15) is 4.79 Å². The summed E-state index contributed by atoms with van der Waals surface area (Å²) in [4.78, 5) is 11.3. The summed E-state index contributed by atoms with van der Waals surface area (Å²) >= 11 is 0. The topological polar surface area (TPSA) is 53.4 Å². The van der Waals surface area contributed by atoms with Crippen molar-refractivity contribution in [2.75, 3.05) is 6.61 Å². The van der Waals surface area contributed by atoms with Gasteiger partial charge < -0.3 is 9.47 Å². The minimum Gasteiger partial charge on any atom is -0.483 e. The van der Waals surface area contributed by atoms with E-state index in [4.69, 9.17) is 9.47 Å². The molecule has 0 aromatic carbocycles. The second kappa shape index (κ2) is 5.31. The lowest BCUT2D eigenvalue weighted by Crippen LogP contribution is -2.52. The summed E-state index contributed by atoms with van der Waals surface area (Å²) in [5.74, 6) is 0.832. The van der Waals surface area contributed by atoms with E-state index in [1.165, 1.54) is 0 Å². The van der Waals surface area contributed by atoms with E-state index in [0.717, 1.165) is 13.0 Å². The molecule has 2 unspecified atom stereocenters. The molecule has 94 valence electrons. The molecule has 5 heteroatoms. The van der Waals surface area contributed by atoms with Gasteiger partial charge in [-0.2, -0.15) is 5.10 Å². The number of nitrogens with zero attached hydrogens (tertiary/aromatic N) is 2. The maximum Gasteiger partial charge on any atom is 0.169 e. The molecule has 0 spiro atoms. The number of hydrogen-bond acceptors (Lipinski definition) is 4. The summed E-state index contributed by atoms with van der Waals surface area (Å²) in [6, 6.07) is 0. The number of ketones is 1. The van der Waals surface area contributed by atoms with Gasteiger partial charge in [-0.15, -0.1) is 0 Å². The zero-order valence-electron chi connectivity index (χ0n) is 10.3. The zero-order valence-corrected chi connectivity index (χ0v) is 10.3. The van der Waals surface area contributed by atoms with E-state index >= 15 is 0 Å². The molecule has 0 N–H and O–H groups in total. The van der Waals surface area contributed by atoms with E-state index < -0.39 is 6.10 Å². The monoisotopic (exact) mass is 238 g/mol. The largest absolute Gasteiger partial charge is 0.483 e. The lowest BCUT2D eigenvalue weighted by atomic mass is 9.90. The van der Waals surface area contributed by atoms with Gasteiger partial charge in [-0.1, -0.05) is 6.92 Å². The molecule has 0 aliphatic heterocycles. The van der Waals surface area contributed by atoms with E-state index in [0.29, 0.717) is 18.8 Å². The van der Waals surface area contributed by atoms with Gasteiger partial charge >= 0.3 is 0 Å². The van der Waals surface area contributed by atoms with Crippen molar-refractivity contribution in [2.24, 2.45) is 0 Å². The Labute approximate surface area is 101 Å². The van der Waals surface area contributed by atoms with Crippen molar-refractivity contribution in [1.82, 2.24) is 9.78 Å². The normalized spacial score (nSPS) is 23.5. The highest BCUT2D eigenvalue weighted by Crippen LogP contribution is 2.25. The van der Waals surface area contributed by atoms with E-state index in [1.54, 1.807) is 6.20 Å². The molecule has 1 aliphatic carbocycles. The van der Waals surface area contributed by atoms with Crippen LogP contribution in [-0.4, -0.2) is 34.4 Å². The molecule has 1 saturated carbocycles. The van der Waals surface area contributed by atoms with Crippen molar-refractivity contribution in [3.8, 4) is 5.75 Å². The molecule has 1 fully saturated rings.